The molecule has 2 heteroatoms. The fourth-order valence-electron chi connectivity index (χ4n) is 3.63. The lowest BCUT2D eigenvalue weighted by Gasteiger charge is -2.11. The van der Waals surface area contributed by atoms with Crippen molar-refractivity contribution in [3.05, 3.63) is 85.5 Å². The number of rotatable bonds is 5. The third kappa shape index (κ3) is 3.45. The number of hydrogen-bond acceptors (Lipinski definition) is 0. The molecular formula is C24H26N2+2. The molecular weight excluding hydrogens is 316 g/mol. The lowest BCUT2D eigenvalue weighted by Crippen LogP contribution is -2.40. The smallest absolute Gasteiger partial charge is 0.176 e. The van der Waals surface area contributed by atoms with Crippen LogP contribution in [0, 0.1) is 0 Å². The SMILES string of the molecule is C[C@H](CC[C@@H](C)[n+]1ccc2ccccc2c1)[n+]1ccc2ccccc2c1. The molecule has 0 aliphatic rings. The van der Waals surface area contributed by atoms with E-state index in [1.165, 1.54) is 21.5 Å². The number of aromatic nitrogens is 2. The maximum atomic E-state index is 2.35. The lowest BCUT2D eigenvalue weighted by molar-refractivity contribution is -0.731. The molecule has 2 aromatic carbocycles. The monoisotopic (exact) mass is 342 g/mol. The average molecular weight is 342 g/mol. The van der Waals surface area contributed by atoms with Crippen molar-refractivity contribution in [1.82, 2.24) is 0 Å². The van der Waals surface area contributed by atoms with E-state index in [1.54, 1.807) is 0 Å². The van der Waals surface area contributed by atoms with Crippen LogP contribution in [0.25, 0.3) is 21.5 Å². The van der Waals surface area contributed by atoms with Crippen LogP contribution < -0.4 is 9.13 Å². The molecule has 0 spiro atoms. The van der Waals surface area contributed by atoms with Gasteiger partial charge in [0, 0.05) is 35.7 Å². The Morgan fingerprint density at radius 2 is 0.962 bits per heavy atom. The Bertz CT molecular complexity index is 953. The van der Waals surface area contributed by atoms with E-state index < -0.39 is 0 Å². The van der Waals surface area contributed by atoms with Gasteiger partial charge in [-0.25, -0.2) is 9.13 Å². The molecule has 4 rings (SSSR count). The summed E-state index contributed by atoms with van der Waals surface area (Å²) in [5.41, 5.74) is 0. The van der Waals surface area contributed by atoms with Gasteiger partial charge in [0.1, 0.15) is 0 Å². The van der Waals surface area contributed by atoms with Crippen molar-refractivity contribution in [2.45, 2.75) is 38.8 Å². The van der Waals surface area contributed by atoms with Gasteiger partial charge in [-0.1, -0.05) is 36.4 Å². The standard InChI is InChI=1S/C24H26N2/c1-19(25-15-13-21-7-3-5-9-23(21)17-25)11-12-20(2)26-16-14-22-8-4-6-10-24(22)18-26/h3-10,13-20H,11-12H2,1-2H3/q+2/t19-,20-/m1/s1. The zero-order chi connectivity index (χ0) is 17.9. The summed E-state index contributed by atoms with van der Waals surface area (Å²) >= 11 is 0. The van der Waals surface area contributed by atoms with Gasteiger partial charge in [-0.05, 0) is 36.8 Å². The van der Waals surface area contributed by atoms with E-state index in [1.807, 2.05) is 0 Å². The molecule has 0 radical (unpaired) electrons. The van der Waals surface area contributed by atoms with E-state index in [9.17, 15) is 0 Å². The zero-order valence-electron chi connectivity index (χ0n) is 15.5. The normalized spacial score (nSPS) is 13.8. The van der Waals surface area contributed by atoms with Crippen LogP contribution in [0.5, 0.6) is 0 Å². The highest BCUT2D eigenvalue weighted by molar-refractivity contribution is 5.80. The summed E-state index contributed by atoms with van der Waals surface area (Å²) in [6.07, 6.45) is 11.3. The van der Waals surface area contributed by atoms with Gasteiger partial charge in [-0.3, -0.25) is 0 Å². The van der Waals surface area contributed by atoms with Crippen molar-refractivity contribution in [3.63, 3.8) is 0 Å². The minimum absolute atomic E-state index is 0.489. The molecule has 0 N–H and O–H groups in total. The van der Waals surface area contributed by atoms with Crippen LogP contribution in [-0.4, -0.2) is 0 Å². The van der Waals surface area contributed by atoms with Crippen LogP contribution in [0.3, 0.4) is 0 Å². The van der Waals surface area contributed by atoms with Crippen molar-refractivity contribution in [3.8, 4) is 0 Å². The summed E-state index contributed by atoms with van der Waals surface area (Å²) in [6, 6.07) is 22.5. The molecule has 2 nitrogen and oxygen atoms in total. The third-order valence-electron chi connectivity index (χ3n) is 5.44. The Morgan fingerprint density at radius 1 is 0.577 bits per heavy atom. The molecule has 0 bridgehead atoms. The first kappa shape index (κ1) is 16.7. The van der Waals surface area contributed by atoms with Crippen LogP contribution in [0.15, 0.2) is 85.5 Å². The van der Waals surface area contributed by atoms with Crippen LogP contribution in [0.4, 0.5) is 0 Å². The number of nitrogens with zero attached hydrogens (tertiary/aromatic N) is 2. The second kappa shape index (κ2) is 7.25. The molecule has 130 valence electrons. The number of pyridine rings is 2. The van der Waals surface area contributed by atoms with Gasteiger partial charge >= 0.3 is 0 Å². The Kier molecular flexibility index (Phi) is 4.66. The maximum Gasteiger partial charge on any atom is 0.176 e. The predicted molar refractivity (Wildman–Crippen MR) is 107 cm³/mol. The van der Waals surface area contributed by atoms with Crippen LogP contribution in [0.2, 0.25) is 0 Å². The molecule has 0 aliphatic heterocycles. The Hall–Kier alpha value is -2.74. The second-order valence-corrected chi connectivity index (χ2v) is 7.32. The Labute approximate surface area is 155 Å². The average Bonchev–Trinajstić information content (AvgIpc) is 2.71. The van der Waals surface area contributed by atoms with E-state index in [4.69, 9.17) is 0 Å². The summed E-state index contributed by atoms with van der Waals surface area (Å²) in [5.74, 6) is 0. The largest absolute Gasteiger partial charge is 0.202 e. The topological polar surface area (TPSA) is 7.76 Å². The molecule has 0 saturated heterocycles. The number of benzene rings is 2. The van der Waals surface area contributed by atoms with E-state index in [2.05, 4.69) is 108 Å². The first-order valence-corrected chi connectivity index (χ1v) is 9.50. The summed E-state index contributed by atoms with van der Waals surface area (Å²) in [7, 11) is 0. The van der Waals surface area contributed by atoms with Crippen molar-refractivity contribution in [2.24, 2.45) is 0 Å². The van der Waals surface area contributed by atoms with E-state index in [-0.39, 0.29) is 0 Å². The van der Waals surface area contributed by atoms with E-state index >= 15 is 0 Å². The van der Waals surface area contributed by atoms with Gasteiger partial charge in [0.05, 0.1) is 0 Å². The van der Waals surface area contributed by atoms with Crippen LogP contribution in [0.1, 0.15) is 38.8 Å². The molecule has 26 heavy (non-hydrogen) atoms. The highest BCUT2D eigenvalue weighted by Crippen LogP contribution is 2.17. The highest BCUT2D eigenvalue weighted by Gasteiger charge is 2.19. The second-order valence-electron chi connectivity index (χ2n) is 7.32. The zero-order valence-corrected chi connectivity index (χ0v) is 15.5. The van der Waals surface area contributed by atoms with Crippen LogP contribution in [-0.2, 0) is 0 Å². The Balaban J connectivity index is 1.46. The minimum Gasteiger partial charge on any atom is -0.202 e. The van der Waals surface area contributed by atoms with E-state index in [0.29, 0.717) is 12.1 Å². The van der Waals surface area contributed by atoms with Crippen molar-refractivity contribution in [2.75, 3.05) is 0 Å². The lowest BCUT2D eigenvalue weighted by atomic mass is 10.1. The highest BCUT2D eigenvalue weighted by atomic mass is 15.0. The molecule has 4 aromatic rings. The molecule has 0 fully saturated rings. The van der Waals surface area contributed by atoms with Crippen molar-refractivity contribution < 1.29 is 9.13 Å². The van der Waals surface area contributed by atoms with Crippen molar-refractivity contribution in [1.29, 1.82) is 0 Å². The fraction of sp³-hybridized carbons (Fsp3) is 0.250. The van der Waals surface area contributed by atoms with Crippen molar-refractivity contribution >= 4 is 21.5 Å². The summed E-state index contributed by atoms with van der Waals surface area (Å²) < 4.78 is 4.69. The summed E-state index contributed by atoms with van der Waals surface area (Å²) in [4.78, 5) is 0. The molecule has 2 heterocycles. The number of fused-ring (bicyclic) bond motifs is 2. The van der Waals surface area contributed by atoms with Gasteiger partial charge < -0.3 is 0 Å². The Morgan fingerprint density at radius 3 is 1.38 bits per heavy atom. The molecule has 0 aliphatic carbocycles. The minimum atomic E-state index is 0.489. The van der Waals surface area contributed by atoms with Crippen LogP contribution >= 0.6 is 0 Å². The molecule has 0 amide bonds. The fourth-order valence-corrected chi connectivity index (χ4v) is 3.63. The first-order chi connectivity index (χ1) is 12.7. The number of hydrogen-bond donors (Lipinski definition) is 0. The first-order valence-electron chi connectivity index (χ1n) is 9.50. The molecule has 0 unspecified atom stereocenters. The quantitative estimate of drug-likeness (QED) is 0.442. The van der Waals surface area contributed by atoms with Gasteiger partial charge in [-0.15, -0.1) is 0 Å². The predicted octanol–water partition coefficient (Wildman–Crippen LogP) is 5.17. The van der Waals surface area contributed by atoms with E-state index in [0.717, 1.165) is 12.8 Å². The van der Waals surface area contributed by atoms with Gasteiger partial charge in [0.2, 0.25) is 0 Å². The summed E-state index contributed by atoms with van der Waals surface area (Å²) in [6.45, 7) is 4.62. The third-order valence-corrected chi connectivity index (χ3v) is 5.44. The molecule has 2 atom stereocenters. The maximum absolute atomic E-state index is 2.35. The molecule has 2 aromatic heterocycles. The van der Waals surface area contributed by atoms with Gasteiger partial charge in [0.25, 0.3) is 0 Å². The van der Waals surface area contributed by atoms with Gasteiger partial charge in [-0.2, -0.15) is 0 Å². The summed E-state index contributed by atoms with van der Waals surface area (Å²) in [5, 5.41) is 5.21. The van der Waals surface area contributed by atoms with Gasteiger partial charge in [0.15, 0.2) is 36.9 Å². The molecule has 0 saturated carbocycles.